The summed E-state index contributed by atoms with van der Waals surface area (Å²) in [6.07, 6.45) is 1.12. The number of carbonyl (C=O) groups excluding carboxylic acids is 2. The molecule has 1 aromatic heterocycles. The summed E-state index contributed by atoms with van der Waals surface area (Å²) >= 11 is 0. The zero-order valence-corrected chi connectivity index (χ0v) is 24.5. The fourth-order valence-corrected chi connectivity index (χ4v) is 6.86. The van der Waals surface area contributed by atoms with E-state index in [4.69, 9.17) is 9.26 Å². The molecule has 2 aromatic carbocycles. The van der Waals surface area contributed by atoms with Crippen molar-refractivity contribution >= 4 is 34.8 Å². The van der Waals surface area contributed by atoms with Crippen LogP contribution in [0.3, 0.4) is 0 Å². The molecule has 4 amide bonds. The van der Waals surface area contributed by atoms with Gasteiger partial charge in [-0.05, 0) is 53.6 Å². The minimum absolute atomic E-state index is 0.143. The lowest BCUT2D eigenvalue weighted by Crippen LogP contribution is -2.74. The molecule has 1 N–H and O–H groups in total. The van der Waals surface area contributed by atoms with E-state index in [0.717, 1.165) is 24.0 Å². The van der Waals surface area contributed by atoms with Gasteiger partial charge in [-0.25, -0.2) is 9.59 Å². The van der Waals surface area contributed by atoms with Gasteiger partial charge < -0.3 is 14.4 Å². The van der Waals surface area contributed by atoms with Gasteiger partial charge in [0.25, 0.3) is 0 Å². The molecule has 4 aliphatic heterocycles. The van der Waals surface area contributed by atoms with E-state index in [-0.39, 0.29) is 36.9 Å². The Balaban J connectivity index is 1.24. The van der Waals surface area contributed by atoms with Crippen molar-refractivity contribution in [3.63, 3.8) is 0 Å². The Morgan fingerprint density at radius 1 is 1.12 bits per heavy atom. The highest BCUT2D eigenvalue weighted by Crippen LogP contribution is 2.48. The molecule has 2 unspecified atom stereocenters. The number of amides is 4. The van der Waals surface area contributed by atoms with Crippen molar-refractivity contribution in [2.75, 3.05) is 31.6 Å². The number of anilines is 1. The lowest BCUT2D eigenvalue weighted by Gasteiger charge is -2.63. The average molecular weight is 576 g/mol. The summed E-state index contributed by atoms with van der Waals surface area (Å²) in [5.74, 6) is 0.864. The summed E-state index contributed by atoms with van der Waals surface area (Å²) in [5, 5.41) is 15.0. The number of carbonyl (C=O) groups is 3. The molecule has 0 spiro atoms. The van der Waals surface area contributed by atoms with Gasteiger partial charge in [0.2, 0.25) is 5.91 Å². The fourth-order valence-electron chi connectivity index (χ4n) is 6.86. The van der Waals surface area contributed by atoms with Gasteiger partial charge in [-0.3, -0.25) is 24.4 Å². The van der Waals surface area contributed by atoms with E-state index < -0.39 is 17.7 Å². The van der Waals surface area contributed by atoms with Crippen LogP contribution in [0.25, 0.3) is 11.0 Å². The Labute approximate surface area is 244 Å². The monoisotopic (exact) mass is 575 g/mol. The van der Waals surface area contributed by atoms with Crippen LogP contribution >= 0.6 is 0 Å². The standard InChI is InChI=1S/C31H37N5O6/c1-30(2,3)31-13-11-22(18-36(31)29(39)40)33(19-31)16-21-7-10-25-24(15-21)27(32-42-25)34-14-12-26(37)35(28(34)38)17-20-5-8-23(41-4)9-6-20/h5-10,15,22H,11-14,16-19H2,1-4H3,(H,39,40). The maximum atomic E-state index is 13.6. The number of benzene rings is 2. The number of carboxylic acid groups (broad SMARTS) is 1. The first kappa shape index (κ1) is 28.0. The van der Waals surface area contributed by atoms with Crippen LogP contribution in [0.5, 0.6) is 5.75 Å². The number of rotatable bonds is 6. The number of nitrogens with zero attached hydrogens (tertiary/aromatic N) is 5. The van der Waals surface area contributed by atoms with Gasteiger partial charge in [0, 0.05) is 38.6 Å². The molecule has 7 rings (SSSR count). The lowest BCUT2D eigenvalue weighted by molar-refractivity contribution is -0.129. The second-order valence-electron chi connectivity index (χ2n) is 12.6. The van der Waals surface area contributed by atoms with Crippen molar-refractivity contribution in [2.24, 2.45) is 5.41 Å². The minimum Gasteiger partial charge on any atom is -0.497 e. The highest BCUT2D eigenvalue weighted by atomic mass is 16.5. The van der Waals surface area contributed by atoms with E-state index in [9.17, 15) is 19.5 Å². The van der Waals surface area contributed by atoms with Gasteiger partial charge in [-0.2, -0.15) is 0 Å². The van der Waals surface area contributed by atoms with Gasteiger partial charge in [-0.1, -0.05) is 44.1 Å². The minimum atomic E-state index is -0.851. The molecular formula is C31H37N5O6. The zero-order chi connectivity index (χ0) is 29.8. The summed E-state index contributed by atoms with van der Waals surface area (Å²) < 4.78 is 10.8. The van der Waals surface area contributed by atoms with Crippen LogP contribution in [0.15, 0.2) is 47.0 Å². The Kier molecular flexibility index (Phi) is 6.87. The van der Waals surface area contributed by atoms with Gasteiger partial charge in [0.15, 0.2) is 11.4 Å². The highest BCUT2D eigenvalue weighted by molar-refractivity contribution is 6.08. The van der Waals surface area contributed by atoms with Gasteiger partial charge in [0.1, 0.15) is 5.75 Å². The summed E-state index contributed by atoms with van der Waals surface area (Å²) in [6, 6.07) is 12.8. The Hall–Kier alpha value is -4.12. The molecule has 2 atom stereocenters. The van der Waals surface area contributed by atoms with Crippen molar-refractivity contribution < 1.29 is 28.8 Å². The quantitative estimate of drug-likeness (QED) is 0.439. The van der Waals surface area contributed by atoms with Gasteiger partial charge in [-0.15, -0.1) is 0 Å². The van der Waals surface area contributed by atoms with Crippen molar-refractivity contribution in [1.29, 1.82) is 0 Å². The molecule has 0 saturated carbocycles. The molecule has 11 heteroatoms. The summed E-state index contributed by atoms with van der Waals surface area (Å²) in [6.45, 7) is 8.55. The molecule has 0 radical (unpaired) electrons. The van der Waals surface area contributed by atoms with Crippen LogP contribution in [-0.4, -0.2) is 81.3 Å². The van der Waals surface area contributed by atoms with E-state index in [1.807, 2.05) is 30.3 Å². The number of aromatic nitrogens is 1. The molecule has 11 nitrogen and oxygen atoms in total. The van der Waals surface area contributed by atoms with E-state index >= 15 is 0 Å². The van der Waals surface area contributed by atoms with Crippen LogP contribution in [0.4, 0.5) is 15.4 Å². The van der Waals surface area contributed by atoms with Gasteiger partial charge >= 0.3 is 12.1 Å². The number of piperidine rings is 2. The largest absolute Gasteiger partial charge is 0.497 e. The maximum Gasteiger partial charge on any atom is 0.407 e. The van der Waals surface area contributed by atoms with Gasteiger partial charge in [0.05, 0.1) is 24.6 Å². The Bertz CT molecular complexity index is 1530. The first-order chi connectivity index (χ1) is 20.0. The van der Waals surface area contributed by atoms with Crippen LogP contribution < -0.4 is 9.64 Å². The fraction of sp³-hybridized carbons (Fsp3) is 0.484. The molecule has 4 fully saturated rings. The second kappa shape index (κ2) is 10.3. The SMILES string of the molecule is COc1ccc(CN2C(=O)CCN(c3noc4ccc(CN5CC6(C(C)(C)C)CCC5CN6C(=O)O)cc34)C2=O)cc1. The molecular weight excluding hydrogens is 538 g/mol. The number of methoxy groups -OCH3 is 1. The molecule has 0 aliphatic carbocycles. The molecule has 3 aromatic rings. The van der Waals surface area contributed by atoms with E-state index in [2.05, 4.69) is 30.8 Å². The lowest BCUT2D eigenvalue weighted by atomic mass is 9.64. The molecule has 42 heavy (non-hydrogen) atoms. The molecule has 4 aliphatic rings. The third-order valence-corrected chi connectivity index (χ3v) is 9.38. The van der Waals surface area contributed by atoms with Crippen LogP contribution in [-0.2, 0) is 17.9 Å². The summed E-state index contributed by atoms with van der Waals surface area (Å²) in [5.41, 5.74) is 1.73. The number of fused-ring (bicyclic) bond motifs is 4. The van der Waals surface area contributed by atoms with Crippen molar-refractivity contribution in [3.8, 4) is 5.75 Å². The summed E-state index contributed by atoms with van der Waals surface area (Å²) in [4.78, 5) is 45.4. The van der Waals surface area contributed by atoms with E-state index in [1.54, 1.807) is 24.1 Å². The van der Waals surface area contributed by atoms with Crippen molar-refractivity contribution in [3.05, 3.63) is 53.6 Å². The Morgan fingerprint density at radius 3 is 2.55 bits per heavy atom. The number of hydrogen-bond acceptors (Lipinski definition) is 7. The van der Waals surface area contributed by atoms with Crippen LogP contribution in [0, 0.1) is 5.41 Å². The van der Waals surface area contributed by atoms with E-state index in [1.165, 1.54) is 9.80 Å². The third kappa shape index (κ3) is 4.65. The third-order valence-electron chi connectivity index (χ3n) is 9.38. The normalized spacial score (nSPS) is 23.2. The number of ether oxygens (including phenoxy) is 1. The predicted molar refractivity (Wildman–Crippen MR) is 155 cm³/mol. The van der Waals surface area contributed by atoms with Crippen molar-refractivity contribution in [2.45, 2.75) is 64.7 Å². The highest BCUT2D eigenvalue weighted by Gasteiger charge is 2.57. The molecule has 2 bridgehead atoms. The van der Waals surface area contributed by atoms with E-state index in [0.29, 0.717) is 42.2 Å². The molecule has 4 saturated heterocycles. The summed E-state index contributed by atoms with van der Waals surface area (Å²) in [7, 11) is 1.59. The van der Waals surface area contributed by atoms with Crippen LogP contribution in [0.1, 0.15) is 51.2 Å². The van der Waals surface area contributed by atoms with Crippen LogP contribution in [0.2, 0.25) is 0 Å². The average Bonchev–Trinajstić information content (AvgIpc) is 3.38. The first-order valence-corrected chi connectivity index (χ1v) is 14.4. The maximum absolute atomic E-state index is 13.6. The molecule has 5 heterocycles. The number of imide groups is 1. The van der Waals surface area contributed by atoms with Crippen molar-refractivity contribution in [1.82, 2.24) is 19.9 Å². The number of urea groups is 1. The Morgan fingerprint density at radius 2 is 1.86 bits per heavy atom. The second-order valence-corrected chi connectivity index (χ2v) is 12.6. The first-order valence-electron chi connectivity index (χ1n) is 14.4. The predicted octanol–water partition coefficient (Wildman–Crippen LogP) is 4.94. The molecule has 222 valence electrons. The zero-order valence-electron chi connectivity index (χ0n) is 24.5. The topological polar surface area (TPSA) is 120 Å². The number of piperazine rings is 1. The number of hydrogen-bond donors (Lipinski definition) is 1. The smallest absolute Gasteiger partial charge is 0.407 e.